The Balaban J connectivity index is 2.01. The number of carbonyl (C=O) groups is 2. The van der Waals surface area contributed by atoms with Crippen LogP contribution in [0.1, 0.15) is 18.4 Å². The summed E-state index contributed by atoms with van der Waals surface area (Å²) in [7, 11) is 3.09. The summed E-state index contributed by atoms with van der Waals surface area (Å²) in [6.07, 6.45) is 4.35. The highest BCUT2D eigenvalue weighted by atomic mass is 16.5. The molecule has 1 aliphatic carbocycles. The van der Waals surface area contributed by atoms with Gasteiger partial charge in [-0.2, -0.15) is 0 Å². The highest BCUT2D eigenvalue weighted by Crippen LogP contribution is 2.28. The molecule has 0 heterocycles. The zero-order valence-corrected chi connectivity index (χ0v) is 13.2. The maximum Gasteiger partial charge on any atom is 0.224 e. The van der Waals surface area contributed by atoms with Crippen molar-refractivity contribution in [2.75, 3.05) is 14.2 Å². The first-order valence-corrected chi connectivity index (χ1v) is 7.41. The number of amides is 1. The summed E-state index contributed by atoms with van der Waals surface area (Å²) in [4.78, 5) is 23.4. The minimum atomic E-state index is -1.18. The lowest BCUT2D eigenvalue weighted by molar-refractivity contribution is -0.313. The van der Waals surface area contributed by atoms with E-state index in [1.54, 1.807) is 32.4 Å². The van der Waals surface area contributed by atoms with Gasteiger partial charge in [0, 0.05) is 24.3 Å². The summed E-state index contributed by atoms with van der Waals surface area (Å²) in [5.41, 5.74) is 0.840. The zero-order chi connectivity index (χ0) is 16.8. The van der Waals surface area contributed by atoms with Gasteiger partial charge >= 0.3 is 0 Å². The van der Waals surface area contributed by atoms with Gasteiger partial charge in [-0.25, -0.2) is 0 Å². The quantitative estimate of drug-likeness (QED) is 0.778. The third-order valence-corrected chi connectivity index (χ3v) is 3.99. The SMILES string of the molecule is COc1ccc(CNC(=O)[C@@H]2CC=CC[C@H]2C(=O)[O-])cc1OC. The molecular formula is C17H20NO5-. The molecule has 0 spiro atoms. The van der Waals surface area contributed by atoms with Gasteiger partial charge in [0.2, 0.25) is 5.91 Å². The molecule has 0 saturated carbocycles. The zero-order valence-electron chi connectivity index (χ0n) is 13.2. The van der Waals surface area contributed by atoms with Crippen molar-refractivity contribution in [3.8, 4) is 11.5 Å². The molecule has 0 aliphatic heterocycles. The number of carbonyl (C=O) groups excluding carboxylic acids is 2. The number of hydrogen-bond donors (Lipinski definition) is 1. The van der Waals surface area contributed by atoms with Crippen molar-refractivity contribution < 1.29 is 24.2 Å². The average molecular weight is 318 g/mol. The number of methoxy groups -OCH3 is 2. The van der Waals surface area contributed by atoms with Gasteiger partial charge in [-0.3, -0.25) is 4.79 Å². The lowest BCUT2D eigenvalue weighted by Gasteiger charge is -2.28. The Labute approximate surface area is 135 Å². The molecule has 124 valence electrons. The van der Waals surface area contributed by atoms with Crippen LogP contribution in [-0.2, 0) is 16.1 Å². The third-order valence-electron chi connectivity index (χ3n) is 3.99. The van der Waals surface area contributed by atoms with Gasteiger partial charge in [-0.05, 0) is 30.5 Å². The Hall–Kier alpha value is -2.50. The van der Waals surface area contributed by atoms with Crippen LogP contribution in [0.4, 0.5) is 0 Å². The second-order valence-electron chi connectivity index (χ2n) is 5.38. The molecule has 0 radical (unpaired) electrons. The summed E-state index contributed by atoms with van der Waals surface area (Å²) in [6, 6.07) is 5.35. The monoisotopic (exact) mass is 318 g/mol. The molecule has 6 heteroatoms. The predicted octanol–water partition coefficient (Wildman–Crippen LogP) is 0.652. The van der Waals surface area contributed by atoms with Gasteiger partial charge in [0.25, 0.3) is 0 Å². The van der Waals surface area contributed by atoms with Gasteiger partial charge < -0.3 is 24.7 Å². The second kappa shape index (κ2) is 7.67. The van der Waals surface area contributed by atoms with Crippen LogP contribution in [0.3, 0.4) is 0 Å². The fourth-order valence-corrected chi connectivity index (χ4v) is 2.68. The van der Waals surface area contributed by atoms with E-state index in [4.69, 9.17) is 9.47 Å². The Bertz CT molecular complexity index is 611. The Kier molecular flexibility index (Phi) is 5.62. The molecular weight excluding hydrogens is 298 g/mol. The van der Waals surface area contributed by atoms with E-state index in [0.717, 1.165) is 5.56 Å². The van der Waals surface area contributed by atoms with E-state index in [-0.39, 0.29) is 5.91 Å². The minimum absolute atomic E-state index is 0.279. The highest BCUT2D eigenvalue weighted by molar-refractivity contribution is 5.84. The molecule has 6 nitrogen and oxygen atoms in total. The van der Waals surface area contributed by atoms with Gasteiger partial charge in [0.1, 0.15) is 0 Å². The van der Waals surface area contributed by atoms with Crippen molar-refractivity contribution in [3.63, 3.8) is 0 Å². The van der Waals surface area contributed by atoms with Crippen molar-refractivity contribution in [2.45, 2.75) is 19.4 Å². The van der Waals surface area contributed by atoms with Crippen LogP contribution in [0, 0.1) is 11.8 Å². The molecule has 1 aromatic rings. The van der Waals surface area contributed by atoms with E-state index in [9.17, 15) is 14.7 Å². The highest BCUT2D eigenvalue weighted by Gasteiger charge is 2.29. The molecule has 1 aromatic carbocycles. The number of carboxylic acids is 1. The molecule has 2 atom stereocenters. The number of hydrogen-bond acceptors (Lipinski definition) is 5. The topological polar surface area (TPSA) is 87.7 Å². The maximum absolute atomic E-state index is 12.3. The number of allylic oxidation sites excluding steroid dienone is 2. The first-order valence-electron chi connectivity index (χ1n) is 7.41. The average Bonchev–Trinajstić information content (AvgIpc) is 2.59. The lowest BCUT2D eigenvalue weighted by atomic mass is 9.82. The van der Waals surface area contributed by atoms with Gasteiger partial charge in [0.15, 0.2) is 11.5 Å². The lowest BCUT2D eigenvalue weighted by Crippen LogP contribution is -2.43. The summed E-state index contributed by atoms with van der Waals surface area (Å²) in [6.45, 7) is 0.291. The normalized spacial score (nSPS) is 19.9. The molecule has 2 rings (SSSR count). The van der Waals surface area contributed by atoms with Crippen molar-refractivity contribution in [1.29, 1.82) is 0 Å². The summed E-state index contributed by atoms with van der Waals surface area (Å²) in [5, 5.41) is 13.9. The Morgan fingerprint density at radius 1 is 1.13 bits per heavy atom. The van der Waals surface area contributed by atoms with Crippen LogP contribution in [0.25, 0.3) is 0 Å². The molecule has 0 unspecified atom stereocenters. The first kappa shape index (κ1) is 16.9. The number of benzene rings is 1. The number of nitrogens with one attached hydrogen (secondary N) is 1. The van der Waals surface area contributed by atoms with E-state index < -0.39 is 17.8 Å². The first-order chi connectivity index (χ1) is 11.1. The van der Waals surface area contributed by atoms with Gasteiger partial charge in [-0.15, -0.1) is 0 Å². The fraction of sp³-hybridized carbons (Fsp3) is 0.412. The van der Waals surface area contributed by atoms with Crippen LogP contribution in [-0.4, -0.2) is 26.1 Å². The van der Waals surface area contributed by atoms with Crippen LogP contribution < -0.4 is 19.9 Å². The molecule has 1 aliphatic rings. The standard InChI is InChI=1S/C17H21NO5/c1-22-14-8-7-11(9-15(14)23-2)10-18-16(19)12-5-3-4-6-13(12)17(20)21/h3-4,7-9,12-13H,5-6,10H2,1-2H3,(H,18,19)(H,20,21)/p-1/t12-,13-/m1/s1. The Morgan fingerprint density at radius 3 is 2.39 bits per heavy atom. The third kappa shape index (κ3) is 4.03. The number of carboxylic acid groups (broad SMARTS) is 1. The second-order valence-corrected chi connectivity index (χ2v) is 5.38. The predicted molar refractivity (Wildman–Crippen MR) is 81.8 cm³/mol. The maximum atomic E-state index is 12.3. The van der Waals surface area contributed by atoms with Crippen molar-refractivity contribution in [2.24, 2.45) is 11.8 Å². The van der Waals surface area contributed by atoms with Crippen LogP contribution in [0.2, 0.25) is 0 Å². The van der Waals surface area contributed by atoms with Crippen molar-refractivity contribution >= 4 is 11.9 Å². The molecule has 0 bridgehead atoms. The largest absolute Gasteiger partial charge is 0.550 e. The molecule has 1 N–H and O–H groups in total. The smallest absolute Gasteiger partial charge is 0.224 e. The number of aliphatic carboxylic acids is 1. The molecule has 0 saturated heterocycles. The number of rotatable bonds is 6. The summed E-state index contributed by atoms with van der Waals surface area (Å²) >= 11 is 0. The van der Waals surface area contributed by atoms with Gasteiger partial charge in [-0.1, -0.05) is 18.2 Å². The van der Waals surface area contributed by atoms with Crippen LogP contribution >= 0.6 is 0 Å². The molecule has 0 aromatic heterocycles. The molecule has 0 fully saturated rings. The summed E-state index contributed by atoms with van der Waals surface area (Å²) in [5.74, 6) is -1.64. The van der Waals surface area contributed by atoms with E-state index in [1.807, 2.05) is 12.1 Å². The van der Waals surface area contributed by atoms with Crippen molar-refractivity contribution in [1.82, 2.24) is 5.32 Å². The van der Waals surface area contributed by atoms with Crippen LogP contribution in [0.15, 0.2) is 30.4 Å². The number of ether oxygens (including phenoxy) is 2. The van der Waals surface area contributed by atoms with E-state index in [1.165, 1.54) is 0 Å². The molecule has 23 heavy (non-hydrogen) atoms. The van der Waals surface area contributed by atoms with E-state index in [2.05, 4.69) is 5.32 Å². The van der Waals surface area contributed by atoms with Crippen LogP contribution in [0.5, 0.6) is 11.5 Å². The Morgan fingerprint density at radius 2 is 1.78 bits per heavy atom. The van der Waals surface area contributed by atoms with Crippen molar-refractivity contribution in [3.05, 3.63) is 35.9 Å². The minimum Gasteiger partial charge on any atom is -0.550 e. The summed E-state index contributed by atoms with van der Waals surface area (Å²) < 4.78 is 10.4. The van der Waals surface area contributed by atoms with E-state index in [0.29, 0.717) is 30.9 Å². The van der Waals surface area contributed by atoms with Gasteiger partial charge in [0.05, 0.1) is 14.2 Å². The fourth-order valence-electron chi connectivity index (χ4n) is 2.68. The van der Waals surface area contributed by atoms with E-state index >= 15 is 0 Å². The molecule has 1 amide bonds.